The van der Waals surface area contributed by atoms with Crippen LogP contribution in [0.25, 0.3) is 11.1 Å². The first-order chi connectivity index (χ1) is 10.2. The molecule has 0 amide bonds. The molecule has 0 saturated heterocycles. The number of aromatic nitrogens is 1. The highest BCUT2D eigenvalue weighted by Gasteiger charge is 2.27. The number of fused-ring (bicyclic) bond motifs is 2. The van der Waals surface area contributed by atoms with Crippen LogP contribution in [0.4, 0.5) is 17.4 Å². The fourth-order valence-electron chi connectivity index (χ4n) is 3.02. The minimum Gasteiger partial charge on any atom is -0.423 e. The van der Waals surface area contributed by atoms with Crippen molar-refractivity contribution in [3.05, 3.63) is 48.0 Å². The molecule has 1 aromatic heterocycles. The van der Waals surface area contributed by atoms with Crippen LogP contribution in [0.1, 0.15) is 18.9 Å². The average Bonchev–Trinajstić information content (AvgIpc) is 2.89. The van der Waals surface area contributed by atoms with Crippen molar-refractivity contribution in [1.29, 1.82) is 0 Å². The number of rotatable bonds is 1. The van der Waals surface area contributed by atoms with E-state index in [0.29, 0.717) is 17.7 Å². The van der Waals surface area contributed by atoms with Crippen molar-refractivity contribution in [3.63, 3.8) is 0 Å². The summed E-state index contributed by atoms with van der Waals surface area (Å²) in [6, 6.07) is 15.0. The van der Waals surface area contributed by atoms with Crippen molar-refractivity contribution in [2.45, 2.75) is 25.8 Å². The zero-order valence-electron chi connectivity index (χ0n) is 11.9. The molecule has 0 spiro atoms. The van der Waals surface area contributed by atoms with Gasteiger partial charge in [0.05, 0.1) is 0 Å². The Hall–Kier alpha value is -2.49. The number of aryl methyl sites for hydroxylation is 1. The SMILES string of the molecule is CC1CCc2ccccc2N1c1nc2cc(N)ccc2o1. The topological polar surface area (TPSA) is 55.3 Å². The third-order valence-electron chi connectivity index (χ3n) is 4.13. The van der Waals surface area contributed by atoms with Crippen molar-refractivity contribution >= 4 is 28.5 Å². The number of hydrogen-bond donors (Lipinski definition) is 1. The largest absolute Gasteiger partial charge is 0.423 e. The molecule has 0 aliphatic carbocycles. The summed E-state index contributed by atoms with van der Waals surface area (Å²) in [5.74, 6) is 0. The summed E-state index contributed by atoms with van der Waals surface area (Å²) in [7, 11) is 0. The first kappa shape index (κ1) is 12.3. The number of anilines is 3. The van der Waals surface area contributed by atoms with Gasteiger partial charge in [-0.2, -0.15) is 4.98 Å². The van der Waals surface area contributed by atoms with Crippen LogP contribution >= 0.6 is 0 Å². The summed E-state index contributed by atoms with van der Waals surface area (Å²) in [5, 5.41) is 0. The fourth-order valence-corrected chi connectivity index (χ4v) is 3.02. The Morgan fingerprint density at radius 3 is 3.00 bits per heavy atom. The minimum atomic E-state index is 0.366. The smallest absolute Gasteiger partial charge is 0.303 e. The van der Waals surface area contributed by atoms with Gasteiger partial charge >= 0.3 is 6.01 Å². The number of benzene rings is 2. The normalized spacial score (nSPS) is 18.0. The molecule has 106 valence electrons. The van der Waals surface area contributed by atoms with Gasteiger partial charge in [0.1, 0.15) is 5.52 Å². The van der Waals surface area contributed by atoms with Crippen LogP contribution in [0.15, 0.2) is 46.9 Å². The molecule has 21 heavy (non-hydrogen) atoms. The molecule has 1 aliphatic heterocycles. The molecule has 1 unspecified atom stereocenters. The Balaban J connectivity index is 1.87. The monoisotopic (exact) mass is 279 g/mol. The van der Waals surface area contributed by atoms with E-state index < -0.39 is 0 Å². The maximum absolute atomic E-state index is 5.95. The standard InChI is InChI=1S/C17H17N3O/c1-11-6-7-12-4-2-3-5-15(12)20(11)17-19-14-10-13(18)8-9-16(14)21-17/h2-5,8-11H,6-7,18H2,1H3. The second-order valence-corrected chi connectivity index (χ2v) is 5.61. The predicted octanol–water partition coefficient (Wildman–Crippen LogP) is 3.88. The summed E-state index contributed by atoms with van der Waals surface area (Å²) in [6.07, 6.45) is 2.19. The maximum atomic E-state index is 5.95. The van der Waals surface area contributed by atoms with Crippen LogP contribution in [0.2, 0.25) is 0 Å². The summed E-state index contributed by atoms with van der Waals surface area (Å²) in [6.45, 7) is 2.21. The van der Waals surface area contributed by atoms with Crippen molar-refractivity contribution in [2.75, 3.05) is 10.6 Å². The Bertz CT molecular complexity index is 809. The molecule has 4 nitrogen and oxygen atoms in total. The molecular formula is C17H17N3O. The Labute approximate surface area is 123 Å². The Morgan fingerprint density at radius 2 is 2.10 bits per heavy atom. The number of oxazole rings is 1. The number of nitrogen functional groups attached to an aromatic ring is 1. The first-order valence-electron chi connectivity index (χ1n) is 7.25. The molecule has 2 N–H and O–H groups in total. The number of nitrogens with zero attached hydrogens (tertiary/aromatic N) is 2. The molecule has 4 heteroatoms. The zero-order chi connectivity index (χ0) is 14.4. The van der Waals surface area contributed by atoms with E-state index in [9.17, 15) is 0 Å². The van der Waals surface area contributed by atoms with Gasteiger partial charge in [0.15, 0.2) is 5.58 Å². The highest BCUT2D eigenvalue weighted by Crippen LogP contribution is 2.37. The van der Waals surface area contributed by atoms with E-state index in [4.69, 9.17) is 10.2 Å². The van der Waals surface area contributed by atoms with E-state index in [1.165, 1.54) is 11.3 Å². The lowest BCUT2D eigenvalue weighted by Gasteiger charge is -2.33. The van der Waals surface area contributed by atoms with Gasteiger partial charge in [-0.25, -0.2) is 0 Å². The third kappa shape index (κ3) is 1.95. The molecule has 0 bridgehead atoms. The molecule has 1 atom stereocenters. The lowest BCUT2D eigenvalue weighted by atomic mass is 9.97. The summed E-state index contributed by atoms with van der Waals surface area (Å²) in [5.41, 5.74) is 10.6. The van der Waals surface area contributed by atoms with Gasteiger partial charge in [0.25, 0.3) is 0 Å². The van der Waals surface area contributed by atoms with E-state index in [-0.39, 0.29) is 0 Å². The lowest BCUT2D eigenvalue weighted by molar-refractivity contribution is 0.533. The van der Waals surface area contributed by atoms with Crippen LogP contribution in [-0.4, -0.2) is 11.0 Å². The molecule has 0 saturated carbocycles. The van der Waals surface area contributed by atoms with Gasteiger partial charge in [-0.15, -0.1) is 0 Å². The molecule has 0 radical (unpaired) electrons. The zero-order valence-corrected chi connectivity index (χ0v) is 11.9. The van der Waals surface area contributed by atoms with E-state index in [1.54, 1.807) is 0 Å². The number of hydrogen-bond acceptors (Lipinski definition) is 4. The van der Waals surface area contributed by atoms with Crippen LogP contribution in [0.3, 0.4) is 0 Å². The third-order valence-corrected chi connectivity index (χ3v) is 4.13. The van der Waals surface area contributed by atoms with Crippen molar-refractivity contribution in [1.82, 2.24) is 4.98 Å². The molecule has 0 fully saturated rings. The molecule has 1 aliphatic rings. The quantitative estimate of drug-likeness (QED) is 0.687. The summed E-state index contributed by atoms with van der Waals surface area (Å²) in [4.78, 5) is 6.82. The fraction of sp³-hybridized carbons (Fsp3) is 0.235. The molecule has 3 aromatic rings. The van der Waals surface area contributed by atoms with Gasteiger partial charge in [-0.3, -0.25) is 4.90 Å². The average molecular weight is 279 g/mol. The molecule has 4 rings (SSSR count). The van der Waals surface area contributed by atoms with E-state index >= 15 is 0 Å². The lowest BCUT2D eigenvalue weighted by Crippen LogP contribution is -2.33. The molecular weight excluding hydrogens is 262 g/mol. The Morgan fingerprint density at radius 1 is 1.24 bits per heavy atom. The second kappa shape index (κ2) is 4.52. The van der Waals surface area contributed by atoms with Crippen LogP contribution in [-0.2, 0) is 6.42 Å². The maximum Gasteiger partial charge on any atom is 0.303 e. The summed E-state index contributed by atoms with van der Waals surface area (Å²) >= 11 is 0. The van der Waals surface area contributed by atoms with Gasteiger partial charge < -0.3 is 10.2 Å². The van der Waals surface area contributed by atoms with Crippen molar-refractivity contribution in [3.8, 4) is 0 Å². The predicted molar refractivity (Wildman–Crippen MR) is 84.8 cm³/mol. The summed E-state index contributed by atoms with van der Waals surface area (Å²) < 4.78 is 5.95. The van der Waals surface area contributed by atoms with Crippen LogP contribution in [0, 0.1) is 0 Å². The second-order valence-electron chi connectivity index (χ2n) is 5.61. The first-order valence-corrected chi connectivity index (χ1v) is 7.25. The van der Waals surface area contributed by atoms with Gasteiger partial charge in [-0.05, 0) is 49.6 Å². The van der Waals surface area contributed by atoms with Gasteiger partial charge in [0.2, 0.25) is 0 Å². The van der Waals surface area contributed by atoms with E-state index in [0.717, 1.165) is 23.9 Å². The van der Waals surface area contributed by atoms with Gasteiger partial charge in [0, 0.05) is 17.4 Å². The van der Waals surface area contributed by atoms with Gasteiger partial charge in [-0.1, -0.05) is 18.2 Å². The van der Waals surface area contributed by atoms with Crippen LogP contribution < -0.4 is 10.6 Å². The van der Waals surface area contributed by atoms with Crippen molar-refractivity contribution < 1.29 is 4.42 Å². The highest BCUT2D eigenvalue weighted by molar-refractivity contribution is 5.79. The molecule has 2 heterocycles. The Kier molecular flexibility index (Phi) is 2.64. The number of nitrogens with two attached hydrogens (primary N) is 1. The van der Waals surface area contributed by atoms with E-state index in [2.05, 4.69) is 41.1 Å². The van der Waals surface area contributed by atoms with Crippen LogP contribution in [0.5, 0.6) is 0 Å². The number of para-hydroxylation sites is 1. The molecule has 2 aromatic carbocycles. The van der Waals surface area contributed by atoms with E-state index in [1.807, 2.05) is 18.2 Å². The highest BCUT2D eigenvalue weighted by atomic mass is 16.4. The van der Waals surface area contributed by atoms with Crippen molar-refractivity contribution in [2.24, 2.45) is 0 Å². The minimum absolute atomic E-state index is 0.366.